The van der Waals surface area contributed by atoms with Gasteiger partial charge in [0.25, 0.3) is 5.91 Å². The van der Waals surface area contributed by atoms with Gasteiger partial charge in [0.2, 0.25) is 5.91 Å². The van der Waals surface area contributed by atoms with Gasteiger partial charge in [0, 0.05) is 50.6 Å². The van der Waals surface area contributed by atoms with Gasteiger partial charge in [0.05, 0.1) is 48.5 Å². The minimum Gasteiger partial charge on any atom is -0.493 e. The molecule has 0 bridgehead atoms. The number of benzene rings is 1. The van der Waals surface area contributed by atoms with Gasteiger partial charge in [0.15, 0.2) is 22.5 Å². The van der Waals surface area contributed by atoms with Crippen LogP contribution >= 0.6 is 22.9 Å². The second-order valence-corrected chi connectivity index (χ2v) is 13.8. The first-order valence-corrected chi connectivity index (χ1v) is 17.4. The number of alkyl halides is 1. The van der Waals surface area contributed by atoms with Crippen molar-refractivity contribution in [2.45, 2.75) is 13.1 Å². The molecule has 1 aromatic carbocycles. The van der Waals surface area contributed by atoms with E-state index >= 15 is 0 Å². The molecule has 6 rings (SSSR count). The van der Waals surface area contributed by atoms with E-state index in [1.807, 2.05) is 66.1 Å². The van der Waals surface area contributed by atoms with E-state index in [0.717, 1.165) is 22.6 Å². The van der Waals surface area contributed by atoms with E-state index in [0.29, 0.717) is 70.7 Å². The summed E-state index contributed by atoms with van der Waals surface area (Å²) in [6.07, 6.45) is 5.85. The minimum absolute atomic E-state index is 0.00235. The first kappa shape index (κ1) is 35.1. The van der Waals surface area contributed by atoms with Crippen molar-refractivity contribution in [2.24, 2.45) is 0 Å². The highest BCUT2D eigenvalue weighted by Crippen LogP contribution is 2.37. The Labute approximate surface area is 299 Å². The van der Waals surface area contributed by atoms with Gasteiger partial charge in [-0.3, -0.25) is 9.59 Å². The van der Waals surface area contributed by atoms with Crippen molar-refractivity contribution in [3.63, 3.8) is 0 Å². The highest BCUT2D eigenvalue weighted by atomic mass is 35.5. The van der Waals surface area contributed by atoms with Crippen LogP contribution in [0.5, 0.6) is 5.75 Å². The molecular weight excluding hydrogens is 681 g/mol. The molecule has 3 aromatic heterocycles. The van der Waals surface area contributed by atoms with Gasteiger partial charge in [-0.2, -0.15) is 0 Å². The first-order chi connectivity index (χ1) is 24.1. The topological polar surface area (TPSA) is 119 Å². The Morgan fingerprint density at radius 1 is 1.10 bits per heavy atom. The van der Waals surface area contributed by atoms with Crippen LogP contribution in [0, 0.1) is 6.92 Å². The number of anilines is 5. The molecule has 0 atom stereocenters. The number of carbonyl (C=O) groups excluding carboxylic acids is 2. The van der Waals surface area contributed by atoms with E-state index < -0.39 is 6.17 Å². The number of rotatable bonds is 11. The van der Waals surface area contributed by atoms with E-state index in [-0.39, 0.29) is 24.9 Å². The summed E-state index contributed by atoms with van der Waals surface area (Å²) >= 11 is 7.46. The van der Waals surface area contributed by atoms with E-state index in [4.69, 9.17) is 26.3 Å². The number of methoxy groups -OCH3 is 1. The van der Waals surface area contributed by atoms with Crippen LogP contribution in [0.2, 0.25) is 5.02 Å². The molecule has 2 amide bonds. The Morgan fingerprint density at radius 3 is 2.58 bits per heavy atom. The van der Waals surface area contributed by atoms with Crippen molar-refractivity contribution in [1.29, 1.82) is 0 Å². The predicted octanol–water partition coefficient (Wildman–Crippen LogP) is 5.49. The standard InChI is InChI=1S/C35H39ClFN9O3S/c1-22-7-5-8-25(36)31(22)41-34(48)29-19-39-35(50-29)42-32-28(49-4)11-10-26(40-32)23-17-27(46-20-24(37)21-46)33(38-18-23)45-15-13-44(14-16-45)30(47)9-6-12-43(2)3/h5-11,17-19,24H,12-16,20-21H2,1-4H3,(H,41,48)(H,39,40,42)/b9-6+. The summed E-state index contributed by atoms with van der Waals surface area (Å²) in [7, 11) is 5.46. The molecule has 0 saturated carbocycles. The van der Waals surface area contributed by atoms with Gasteiger partial charge >= 0.3 is 0 Å². The maximum absolute atomic E-state index is 14.1. The molecule has 0 radical (unpaired) electrons. The number of aromatic nitrogens is 3. The highest BCUT2D eigenvalue weighted by molar-refractivity contribution is 7.17. The third-order valence-corrected chi connectivity index (χ3v) is 9.66. The molecule has 2 aliphatic rings. The molecule has 0 aliphatic carbocycles. The van der Waals surface area contributed by atoms with E-state index in [1.54, 1.807) is 31.5 Å². The Kier molecular flexibility index (Phi) is 10.8. The summed E-state index contributed by atoms with van der Waals surface area (Å²) in [5.74, 6) is 1.32. The summed E-state index contributed by atoms with van der Waals surface area (Å²) in [6.45, 7) is 5.49. The van der Waals surface area contributed by atoms with Crippen LogP contribution in [0.25, 0.3) is 11.3 Å². The Morgan fingerprint density at radius 2 is 1.88 bits per heavy atom. The maximum atomic E-state index is 14.1. The number of ether oxygens (including phenoxy) is 1. The third-order valence-electron chi connectivity index (χ3n) is 8.44. The maximum Gasteiger partial charge on any atom is 0.267 e. The monoisotopic (exact) mass is 719 g/mol. The number of hydrogen-bond donors (Lipinski definition) is 2. The molecule has 5 heterocycles. The molecule has 2 saturated heterocycles. The van der Waals surface area contributed by atoms with Crippen molar-refractivity contribution in [2.75, 3.05) is 87.5 Å². The zero-order valence-corrected chi connectivity index (χ0v) is 29.9. The lowest BCUT2D eigenvalue weighted by atomic mass is 10.1. The Bertz CT molecular complexity index is 1870. The number of hydrogen-bond acceptors (Lipinski definition) is 11. The van der Waals surface area contributed by atoms with Gasteiger partial charge in [0.1, 0.15) is 11.0 Å². The van der Waals surface area contributed by atoms with Crippen LogP contribution in [-0.4, -0.2) is 110 Å². The summed E-state index contributed by atoms with van der Waals surface area (Å²) in [4.78, 5) is 48.1. The number of pyridine rings is 2. The van der Waals surface area contributed by atoms with Gasteiger partial charge < -0.3 is 35.0 Å². The van der Waals surface area contributed by atoms with Crippen LogP contribution < -0.4 is 25.2 Å². The number of aryl methyl sites for hydroxylation is 1. The third kappa shape index (κ3) is 7.98. The summed E-state index contributed by atoms with van der Waals surface area (Å²) in [5, 5.41) is 6.96. The fraction of sp³-hybridized carbons (Fsp3) is 0.343. The number of piperazine rings is 1. The summed E-state index contributed by atoms with van der Waals surface area (Å²) in [6, 6.07) is 11.0. The van der Waals surface area contributed by atoms with E-state index in [1.165, 1.54) is 17.5 Å². The van der Waals surface area contributed by atoms with Gasteiger partial charge in [-0.25, -0.2) is 19.3 Å². The van der Waals surface area contributed by atoms with E-state index in [2.05, 4.69) is 20.5 Å². The predicted molar refractivity (Wildman–Crippen MR) is 197 cm³/mol. The number of para-hydroxylation sites is 1. The van der Waals surface area contributed by atoms with Gasteiger partial charge in [-0.15, -0.1) is 0 Å². The second-order valence-electron chi connectivity index (χ2n) is 12.3. The van der Waals surface area contributed by atoms with Crippen LogP contribution in [0.15, 0.2) is 60.9 Å². The summed E-state index contributed by atoms with van der Waals surface area (Å²) in [5.41, 5.74) is 3.58. The quantitative estimate of drug-likeness (QED) is 0.193. The SMILES string of the molecule is COc1ccc(-c2cnc(N3CCN(C(=O)/C=C/CN(C)C)CC3)c(N3CC(F)C3)c2)nc1Nc1ncc(C(=O)Nc2c(C)cccc2Cl)s1. The average Bonchev–Trinajstić information content (AvgIpc) is 3.57. The number of carbonyl (C=O) groups is 2. The normalized spacial score (nSPS) is 15.1. The van der Waals surface area contributed by atoms with Crippen molar-refractivity contribution in [3.8, 4) is 17.0 Å². The minimum atomic E-state index is -0.899. The molecule has 2 N–H and O–H groups in total. The fourth-order valence-electron chi connectivity index (χ4n) is 5.66. The van der Waals surface area contributed by atoms with Crippen molar-refractivity contribution >= 4 is 62.9 Å². The fourth-order valence-corrected chi connectivity index (χ4v) is 6.64. The highest BCUT2D eigenvalue weighted by Gasteiger charge is 2.31. The molecule has 262 valence electrons. The molecule has 2 fully saturated rings. The molecule has 15 heteroatoms. The Balaban J connectivity index is 1.19. The number of amides is 2. The average molecular weight is 720 g/mol. The van der Waals surface area contributed by atoms with Crippen molar-refractivity contribution in [1.82, 2.24) is 24.8 Å². The second kappa shape index (κ2) is 15.4. The molecule has 2 aliphatic heterocycles. The molecule has 50 heavy (non-hydrogen) atoms. The van der Waals surface area contributed by atoms with Gasteiger partial charge in [-0.05, 0) is 50.8 Å². The molecule has 12 nitrogen and oxygen atoms in total. The number of halogens is 2. The van der Waals surface area contributed by atoms with Crippen LogP contribution in [0.3, 0.4) is 0 Å². The zero-order valence-electron chi connectivity index (χ0n) is 28.3. The van der Waals surface area contributed by atoms with Crippen LogP contribution in [0.4, 0.5) is 32.5 Å². The lowest BCUT2D eigenvalue weighted by Crippen LogP contribution is -2.51. The van der Waals surface area contributed by atoms with Crippen molar-refractivity contribution < 1.29 is 18.7 Å². The number of likely N-dealkylation sites (N-methyl/N-ethyl adjacent to an activating group) is 1. The smallest absolute Gasteiger partial charge is 0.267 e. The number of nitrogens with one attached hydrogen (secondary N) is 2. The largest absolute Gasteiger partial charge is 0.493 e. The summed E-state index contributed by atoms with van der Waals surface area (Å²) < 4.78 is 19.7. The molecule has 0 unspecified atom stereocenters. The number of nitrogens with zero attached hydrogens (tertiary/aromatic N) is 7. The van der Waals surface area contributed by atoms with E-state index in [9.17, 15) is 14.0 Å². The van der Waals surface area contributed by atoms with Crippen LogP contribution in [-0.2, 0) is 4.79 Å². The Hall–Kier alpha value is -4.79. The lowest BCUT2D eigenvalue weighted by Gasteiger charge is -2.41. The molecule has 0 spiro atoms. The van der Waals surface area contributed by atoms with Crippen molar-refractivity contribution in [3.05, 3.63) is 76.4 Å². The number of thiazole rings is 1. The zero-order chi connectivity index (χ0) is 35.4. The molecule has 4 aromatic rings. The lowest BCUT2D eigenvalue weighted by molar-refractivity contribution is -0.126. The van der Waals surface area contributed by atoms with Gasteiger partial charge in [-0.1, -0.05) is 41.1 Å². The molecular formula is C35H39ClFN9O3S. The van der Waals surface area contributed by atoms with Crippen LogP contribution in [0.1, 0.15) is 15.2 Å². The first-order valence-electron chi connectivity index (χ1n) is 16.2.